The fraction of sp³-hybridized carbons (Fsp3) is 0.182. The minimum Gasteiger partial charge on any atom is -0.421 e. The molecule has 1 aromatic carbocycles. The summed E-state index contributed by atoms with van der Waals surface area (Å²) in [6, 6.07) is 2.91. The molecule has 0 aromatic heterocycles. The zero-order valence-corrected chi connectivity index (χ0v) is 11.1. The van der Waals surface area contributed by atoms with Gasteiger partial charge in [0.15, 0.2) is 0 Å². The number of carbonyl (C=O) groups is 1. The predicted molar refractivity (Wildman–Crippen MR) is 67.0 cm³/mol. The maximum absolute atomic E-state index is 11.0. The molecule has 0 amide bonds. The van der Waals surface area contributed by atoms with Gasteiger partial charge in [0.1, 0.15) is 4.92 Å². The monoisotopic (exact) mass is 303 g/mol. The summed E-state index contributed by atoms with van der Waals surface area (Å²) in [5.41, 5.74) is 0.702. The third kappa shape index (κ3) is 2.80. The lowest BCUT2D eigenvalue weighted by atomic mass is 10.0. The van der Waals surface area contributed by atoms with Crippen molar-refractivity contribution in [1.82, 2.24) is 0 Å². The summed E-state index contributed by atoms with van der Waals surface area (Å²) < 4.78 is 9.88. The molecule has 2 rings (SSSR count). The van der Waals surface area contributed by atoms with Gasteiger partial charge in [-0.1, -0.05) is 23.2 Å². The van der Waals surface area contributed by atoms with E-state index in [-0.39, 0.29) is 5.02 Å². The van der Waals surface area contributed by atoms with E-state index in [1.165, 1.54) is 18.2 Å². The summed E-state index contributed by atoms with van der Waals surface area (Å²) in [6.07, 6.45) is -0.0877. The number of hydrogen-bond acceptors (Lipinski definition) is 5. The van der Waals surface area contributed by atoms with Crippen molar-refractivity contribution in [2.45, 2.75) is 13.2 Å². The Hall–Kier alpha value is -1.79. The van der Waals surface area contributed by atoms with Crippen LogP contribution in [0.2, 0.25) is 10.0 Å². The van der Waals surface area contributed by atoms with E-state index < -0.39 is 23.1 Å². The molecule has 19 heavy (non-hydrogen) atoms. The lowest BCUT2D eigenvalue weighted by Crippen LogP contribution is -2.19. The molecule has 0 saturated heterocycles. The number of hydrogen-bond donors (Lipinski definition) is 0. The van der Waals surface area contributed by atoms with Gasteiger partial charge in [0.05, 0.1) is 16.7 Å². The maximum atomic E-state index is 11.0. The second-order valence-corrected chi connectivity index (χ2v) is 4.53. The minimum absolute atomic E-state index is 0.201. The first kappa shape index (κ1) is 13.6. The average Bonchev–Trinajstić information content (AvgIpc) is 2.26. The molecule has 1 atom stereocenters. The number of halogens is 2. The third-order valence-electron chi connectivity index (χ3n) is 2.32. The number of carbonyl (C=O) groups excluding carboxylic acids is 1. The lowest BCUT2D eigenvalue weighted by molar-refractivity contribution is -0.472. The van der Waals surface area contributed by atoms with Crippen LogP contribution in [-0.2, 0) is 14.3 Å². The van der Waals surface area contributed by atoms with E-state index in [1.54, 1.807) is 0 Å². The highest BCUT2D eigenvalue weighted by Crippen LogP contribution is 2.38. The molecule has 1 aromatic rings. The highest BCUT2D eigenvalue weighted by Gasteiger charge is 2.33. The van der Waals surface area contributed by atoms with Crippen molar-refractivity contribution in [2.24, 2.45) is 0 Å². The van der Waals surface area contributed by atoms with E-state index in [1.807, 2.05) is 0 Å². The van der Waals surface area contributed by atoms with Crippen LogP contribution in [-0.4, -0.2) is 10.9 Å². The molecule has 1 aliphatic heterocycles. The van der Waals surface area contributed by atoms with Gasteiger partial charge < -0.3 is 9.47 Å². The fourth-order valence-corrected chi connectivity index (χ4v) is 2.24. The smallest absolute Gasteiger partial charge is 0.421 e. The van der Waals surface area contributed by atoms with Crippen LogP contribution in [0.3, 0.4) is 0 Å². The zero-order chi connectivity index (χ0) is 14.2. The molecule has 0 radical (unpaired) electrons. The van der Waals surface area contributed by atoms with E-state index in [0.717, 1.165) is 6.92 Å². The standard InChI is InChI=1S/C11H7Cl2NO5/c1-5(15)18-11-10-6(2-7(12)4-8(10)13)3-9(19-11)14(16)17/h2-4,11H,1H3/t11-/m0/s1. The minimum atomic E-state index is -1.26. The highest BCUT2D eigenvalue weighted by atomic mass is 35.5. The van der Waals surface area contributed by atoms with Gasteiger partial charge in [0.2, 0.25) is 0 Å². The van der Waals surface area contributed by atoms with E-state index in [4.69, 9.17) is 32.7 Å². The molecule has 6 nitrogen and oxygen atoms in total. The van der Waals surface area contributed by atoms with Crippen molar-refractivity contribution in [3.63, 3.8) is 0 Å². The molecule has 0 saturated carbocycles. The molecule has 0 bridgehead atoms. The van der Waals surface area contributed by atoms with Crippen LogP contribution in [0.15, 0.2) is 18.0 Å². The summed E-state index contributed by atoms with van der Waals surface area (Å²) in [7, 11) is 0. The van der Waals surface area contributed by atoms with Gasteiger partial charge in [-0.15, -0.1) is 0 Å². The molecule has 0 unspecified atom stereocenters. The van der Waals surface area contributed by atoms with Gasteiger partial charge in [-0.05, 0) is 17.7 Å². The molecular weight excluding hydrogens is 297 g/mol. The van der Waals surface area contributed by atoms with Gasteiger partial charge in [0, 0.05) is 11.9 Å². The van der Waals surface area contributed by atoms with Crippen molar-refractivity contribution in [1.29, 1.82) is 0 Å². The zero-order valence-electron chi connectivity index (χ0n) is 9.55. The Balaban J connectivity index is 2.56. The summed E-state index contributed by atoms with van der Waals surface area (Å²) in [6.45, 7) is 1.16. The summed E-state index contributed by atoms with van der Waals surface area (Å²) in [5.74, 6) is -1.19. The molecule has 0 fully saturated rings. The number of nitro groups is 1. The van der Waals surface area contributed by atoms with Crippen LogP contribution in [0.5, 0.6) is 0 Å². The van der Waals surface area contributed by atoms with Gasteiger partial charge in [-0.2, -0.15) is 0 Å². The van der Waals surface area contributed by atoms with Crippen LogP contribution in [0.1, 0.15) is 24.3 Å². The fourth-order valence-electron chi connectivity index (χ4n) is 1.64. The summed E-state index contributed by atoms with van der Waals surface area (Å²) in [4.78, 5) is 21.1. The third-order valence-corrected chi connectivity index (χ3v) is 2.85. The predicted octanol–water partition coefficient (Wildman–Crippen LogP) is 3.16. The van der Waals surface area contributed by atoms with E-state index in [9.17, 15) is 14.9 Å². The average molecular weight is 304 g/mol. The van der Waals surface area contributed by atoms with Crippen LogP contribution >= 0.6 is 23.2 Å². The van der Waals surface area contributed by atoms with Crippen molar-refractivity contribution < 1.29 is 19.2 Å². The number of fused-ring (bicyclic) bond motifs is 1. The molecule has 0 aliphatic carbocycles. The summed E-state index contributed by atoms with van der Waals surface area (Å²) >= 11 is 11.8. The Morgan fingerprint density at radius 2 is 2.16 bits per heavy atom. The van der Waals surface area contributed by atoms with Crippen molar-refractivity contribution in [3.8, 4) is 0 Å². The second-order valence-electron chi connectivity index (χ2n) is 3.69. The number of rotatable bonds is 2. The molecule has 8 heteroatoms. The maximum Gasteiger partial charge on any atom is 0.431 e. The van der Waals surface area contributed by atoms with Crippen LogP contribution in [0, 0.1) is 10.1 Å². The first-order valence-electron chi connectivity index (χ1n) is 5.07. The van der Waals surface area contributed by atoms with E-state index in [2.05, 4.69) is 0 Å². The van der Waals surface area contributed by atoms with Crippen molar-refractivity contribution >= 4 is 35.2 Å². The van der Waals surface area contributed by atoms with Crippen LogP contribution < -0.4 is 0 Å². The molecule has 1 heterocycles. The van der Waals surface area contributed by atoms with E-state index in [0.29, 0.717) is 16.1 Å². The van der Waals surface area contributed by atoms with Gasteiger partial charge in [-0.25, -0.2) is 0 Å². The highest BCUT2D eigenvalue weighted by molar-refractivity contribution is 6.35. The molecular formula is C11H7Cl2NO5. The SMILES string of the molecule is CC(=O)O[C@H]1OC([N+](=O)[O-])=Cc2cc(Cl)cc(Cl)c21. The molecule has 0 N–H and O–H groups in total. The number of ether oxygens (including phenoxy) is 2. The molecule has 100 valence electrons. The lowest BCUT2D eigenvalue weighted by Gasteiger charge is -2.23. The largest absolute Gasteiger partial charge is 0.431 e. The van der Waals surface area contributed by atoms with Gasteiger partial charge in [-0.3, -0.25) is 14.9 Å². The van der Waals surface area contributed by atoms with Gasteiger partial charge in [0.25, 0.3) is 6.29 Å². The van der Waals surface area contributed by atoms with Crippen LogP contribution in [0.4, 0.5) is 0 Å². The van der Waals surface area contributed by atoms with Gasteiger partial charge >= 0.3 is 11.9 Å². The molecule has 1 aliphatic rings. The van der Waals surface area contributed by atoms with Crippen molar-refractivity contribution in [2.75, 3.05) is 0 Å². The number of benzene rings is 1. The Kier molecular flexibility index (Phi) is 3.64. The first-order valence-corrected chi connectivity index (χ1v) is 5.83. The topological polar surface area (TPSA) is 78.7 Å². The Labute approximate surface area is 117 Å². The van der Waals surface area contributed by atoms with Crippen molar-refractivity contribution in [3.05, 3.63) is 49.3 Å². The number of nitrogens with zero attached hydrogens (tertiary/aromatic N) is 1. The number of esters is 1. The second kappa shape index (κ2) is 5.07. The Morgan fingerprint density at radius 1 is 1.47 bits per heavy atom. The Morgan fingerprint density at radius 3 is 2.74 bits per heavy atom. The van der Waals surface area contributed by atoms with Crippen LogP contribution in [0.25, 0.3) is 6.08 Å². The normalized spacial score (nSPS) is 17.0. The summed E-state index contributed by atoms with van der Waals surface area (Å²) in [5, 5.41) is 11.3. The van der Waals surface area contributed by atoms with E-state index >= 15 is 0 Å². The Bertz CT molecular complexity index is 599. The quantitative estimate of drug-likeness (QED) is 0.476. The molecule has 0 spiro atoms. The first-order chi connectivity index (χ1) is 8.88.